The second-order valence-electron chi connectivity index (χ2n) is 6.03. The maximum atomic E-state index is 6.31. The van der Waals surface area contributed by atoms with Crippen molar-refractivity contribution in [1.82, 2.24) is 9.38 Å². The minimum atomic E-state index is 0.652. The van der Waals surface area contributed by atoms with E-state index in [0.29, 0.717) is 10.0 Å². The first-order valence-corrected chi connectivity index (χ1v) is 8.86. The van der Waals surface area contributed by atoms with Crippen LogP contribution in [0.2, 0.25) is 10.0 Å². The second-order valence-corrected chi connectivity index (χ2v) is 6.88. The van der Waals surface area contributed by atoms with Gasteiger partial charge in [-0.15, -0.1) is 0 Å². The Morgan fingerprint density at radius 3 is 2.19 bits per heavy atom. The number of fused-ring (bicyclic) bond motifs is 3. The summed E-state index contributed by atoms with van der Waals surface area (Å²) in [6.45, 7) is 0. The summed E-state index contributed by atoms with van der Waals surface area (Å²) in [5.74, 6) is 0. The maximum absolute atomic E-state index is 6.31. The molecular weight excluding hydrogens is 303 g/mol. The van der Waals surface area contributed by atoms with Crippen molar-refractivity contribution in [2.45, 2.75) is 64.2 Å². The van der Waals surface area contributed by atoms with Crippen LogP contribution in [0, 0.1) is 0 Å². The van der Waals surface area contributed by atoms with Crippen molar-refractivity contribution in [3.63, 3.8) is 0 Å². The number of nitrogens with zero attached hydrogens (tertiary/aromatic N) is 2. The fourth-order valence-corrected chi connectivity index (χ4v) is 3.79. The van der Waals surface area contributed by atoms with Crippen LogP contribution in [0.5, 0.6) is 0 Å². The standard InChI is InChI=1S/C17H22Cl2N2/c18-13-11-14(19)17-20-15-9-7-5-3-1-2-4-6-8-10-16(15)21(17)12-13/h11-12H,1-10H2. The summed E-state index contributed by atoms with van der Waals surface area (Å²) < 4.78 is 2.12. The molecule has 0 saturated carbocycles. The van der Waals surface area contributed by atoms with E-state index >= 15 is 0 Å². The highest BCUT2D eigenvalue weighted by Gasteiger charge is 2.15. The Labute approximate surface area is 136 Å². The maximum Gasteiger partial charge on any atom is 0.156 e. The predicted octanol–water partition coefficient (Wildman–Crippen LogP) is 5.86. The molecule has 114 valence electrons. The fraction of sp³-hybridized carbons (Fsp3) is 0.588. The van der Waals surface area contributed by atoms with E-state index in [9.17, 15) is 0 Å². The first-order chi connectivity index (χ1) is 10.3. The molecule has 3 rings (SSSR count). The number of halogens is 2. The Morgan fingerprint density at radius 1 is 0.857 bits per heavy atom. The van der Waals surface area contributed by atoms with Crippen LogP contribution in [0.4, 0.5) is 0 Å². The van der Waals surface area contributed by atoms with Crippen molar-refractivity contribution < 1.29 is 0 Å². The molecule has 0 fully saturated rings. The molecule has 21 heavy (non-hydrogen) atoms. The number of hydrogen-bond acceptors (Lipinski definition) is 1. The summed E-state index contributed by atoms with van der Waals surface area (Å²) in [5.41, 5.74) is 3.40. The molecule has 2 heterocycles. The largest absolute Gasteiger partial charge is 0.301 e. The van der Waals surface area contributed by atoms with E-state index in [1.54, 1.807) is 6.07 Å². The molecule has 4 heteroatoms. The highest BCUT2D eigenvalue weighted by molar-refractivity contribution is 6.36. The third-order valence-corrected chi connectivity index (χ3v) is 4.89. The molecule has 0 bridgehead atoms. The number of aromatic nitrogens is 2. The van der Waals surface area contributed by atoms with Crippen LogP contribution in [0.1, 0.15) is 62.8 Å². The summed E-state index contributed by atoms with van der Waals surface area (Å²) in [4.78, 5) is 4.79. The highest BCUT2D eigenvalue weighted by atomic mass is 35.5. The molecule has 2 aromatic heterocycles. The molecule has 0 atom stereocenters. The van der Waals surface area contributed by atoms with Crippen LogP contribution in [0.25, 0.3) is 5.65 Å². The van der Waals surface area contributed by atoms with Gasteiger partial charge in [0.05, 0.1) is 15.7 Å². The Balaban J connectivity index is 1.96. The van der Waals surface area contributed by atoms with Gasteiger partial charge in [-0.2, -0.15) is 0 Å². The molecule has 2 nitrogen and oxygen atoms in total. The van der Waals surface area contributed by atoms with E-state index in [1.807, 2.05) is 6.20 Å². The van der Waals surface area contributed by atoms with Crippen molar-refractivity contribution in [3.8, 4) is 0 Å². The van der Waals surface area contributed by atoms with Crippen LogP contribution in [-0.2, 0) is 12.8 Å². The van der Waals surface area contributed by atoms with E-state index in [-0.39, 0.29) is 0 Å². The molecule has 1 aliphatic rings. The van der Waals surface area contributed by atoms with Gasteiger partial charge in [-0.25, -0.2) is 4.98 Å². The van der Waals surface area contributed by atoms with Gasteiger partial charge in [-0.05, 0) is 31.7 Å². The topological polar surface area (TPSA) is 17.3 Å². The number of pyridine rings is 1. The highest BCUT2D eigenvalue weighted by Crippen LogP contribution is 2.27. The summed E-state index contributed by atoms with van der Waals surface area (Å²) in [6, 6.07) is 1.78. The third-order valence-electron chi connectivity index (χ3n) is 4.40. The summed E-state index contributed by atoms with van der Waals surface area (Å²) >= 11 is 12.5. The molecule has 0 aromatic carbocycles. The van der Waals surface area contributed by atoms with Crippen LogP contribution in [-0.4, -0.2) is 9.38 Å². The lowest BCUT2D eigenvalue weighted by Crippen LogP contribution is -1.99. The zero-order valence-electron chi connectivity index (χ0n) is 12.4. The van der Waals surface area contributed by atoms with Crippen molar-refractivity contribution in [2.75, 3.05) is 0 Å². The van der Waals surface area contributed by atoms with Gasteiger partial charge in [0, 0.05) is 11.9 Å². The molecule has 0 N–H and O–H groups in total. The van der Waals surface area contributed by atoms with E-state index in [2.05, 4.69) is 4.40 Å². The minimum Gasteiger partial charge on any atom is -0.301 e. The van der Waals surface area contributed by atoms with Gasteiger partial charge in [0.15, 0.2) is 5.65 Å². The number of hydrogen-bond donors (Lipinski definition) is 0. The van der Waals surface area contributed by atoms with Gasteiger partial charge >= 0.3 is 0 Å². The SMILES string of the molecule is Clc1cc(Cl)c2nc3c(n2c1)CCCCCCCCCC3. The average Bonchev–Trinajstić information content (AvgIpc) is 2.77. The van der Waals surface area contributed by atoms with E-state index in [4.69, 9.17) is 28.2 Å². The zero-order chi connectivity index (χ0) is 14.7. The zero-order valence-corrected chi connectivity index (χ0v) is 13.9. The molecule has 0 spiro atoms. The molecular formula is C17H22Cl2N2. The van der Waals surface area contributed by atoms with Gasteiger partial charge in [-0.3, -0.25) is 0 Å². The second kappa shape index (κ2) is 7.02. The monoisotopic (exact) mass is 324 g/mol. The Morgan fingerprint density at radius 2 is 1.48 bits per heavy atom. The molecule has 1 aliphatic carbocycles. The Hall–Kier alpha value is -0.730. The minimum absolute atomic E-state index is 0.652. The Kier molecular flexibility index (Phi) is 5.07. The third kappa shape index (κ3) is 3.54. The van der Waals surface area contributed by atoms with E-state index in [1.165, 1.54) is 62.8 Å². The van der Waals surface area contributed by atoms with Crippen LogP contribution >= 0.6 is 23.2 Å². The molecule has 0 amide bonds. The van der Waals surface area contributed by atoms with E-state index < -0.39 is 0 Å². The molecule has 0 radical (unpaired) electrons. The lowest BCUT2D eigenvalue weighted by atomic mass is 10.0. The molecule has 0 unspecified atom stereocenters. The van der Waals surface area contributed by atoms with Crippen LogP contribution in [0.15, 0.2) is 12.3 Å². The average molecular weight is 325 g/mol. The van der Waals surface area contributed by atoms with Gasteiger partial charge in [-0.1, -0.05) is 61.7 Å². The van der Waals surface area contributed by atoms with Crippen LogP contribution < -0.4 is 0 Å². The van der Waals surface area contributed by atoms with Gasteiger partial charge in [0.25, 0.3) is 0 Å². The van der Waals surface area contributed by atoms with Gasteiger partial charge < -0.3 is 4.40 Å². The Bertz CT molecular complexity index is 619. The van der Waals surface area contributed by atoms with Crippen LogP contribution in [0.3, 0.4) is 0 Å². The molecule has 0 saturated heterocycles. The van der Waals surface area contributed by atoms with Gasteiger partial charge in [0.2, 0.25) is 0 Å². The lowest BCUT2D eigenvalue weighted by Gasteiger charge is -2.08. The summed E-state index contributed by atoms with van der Waals surface area (Å²) in [6.07, 6.45) is 14.6. The first kappa shape index (κ1) is 15.2. The normalized spacial score (nSPS) is 18.0. The first-order valence-electron chi connectivity index (χ1n) is 8.10. The lowest BCUT2D eigenvalue weighted by molar-refractivity contribution is 0.555. The summed E-state index contributed by atoms with van der Waals surface area (Å²) in [5, 5.41) is 1.33. The number of aryl methyl sites for hydroxylation is 2. The quantitative estimate of drug-likeness (QED) is 0.593. The van der Waals surface area contributed by atoms with E-state index in [0.717, 1.165) is 18.5 Å². The fourth-order valence-electron chi connectivity index (χ4n) is 3.28. The van der Waals surface area contributed by atoms with Crippen molar-refractivity contribution in [1.29, 1.82) is 0 Å². The van der Waals surface area contributed by atoms with Crippen molar-refractivity contribution >= 4 is 28.8 Å². The molecule has 0 aliphatic heterocycles. The summed E-state index contributed by atoms with van der Waals surface area (Å²) in [7, 11) is 0. The van der Waals surface area contributed by atoms with Crippen molar-refractivity contribution in [2.24, 2.45) is 0 Å². The smallest absolute Gasteiger partial charge is 0.156 e. The van der Waals surface area contributed by atoms with Crippen molar-refractivity contribution in [3.05, 3.63) is 33.7 Å². The van der Waals surface area contributed by atoms with Gasteiger partial charge in [0.1, 0.15) is 0 Å². The predicted molar refractivity (Wildman–Crippen MR) is 89.6 cm³/mol. The molecule has 2 aromatic rings. The number of imidazole rings is 1. The number of rotatable bonds is 0.